The van der Waals surface area contributed by atoms with Gasteiger partial charge in [0, 0.05) is 5.92 Å². The van der Waals surface area contributed by atoms with Crippen molar-refractivity contribution < 1.29 is 0 Å². The first-order valence-electron chi connectivity index (χ1n) is 7.34. The Kier molecular flexibility index (Phi) is 4.63. The summed E-state index contributed by atoms with van der Waals surface area (Å²) in [5.74, 6) is 2.77. The Hall–Kier alpha value is -1.04. The van der Waals surface area contributed by atoms with E-state index in [9.17, 15) is 0 Å². The summed E-state index contributed by atoms with van der Waals surface area (Å²) in [4.78, 5) is 0. The largest absolute Gasteiger partial charge is 0.0801 e. The second kappa shape index (κ2) is 6.22. The van der Waals surface area contributed by atoms with Crippen LogP contribution in [0.1, 0.15) is 46.5 Å². The molecular formula is C18H25. The average molecular weight is 241 g/mol. The lowest BCUT2D eigenvalue weighted by Crippen LogP contribution is -2.13. The van der Waals surface area contributed by atoms with Crippen LogP contribution in [0.2, 0.25) is 0 Å². The van der Waals surface area contributed by atoms with Crippen LogP contribution in [-0.4, -0.2) is 0 Å². The Balaban J connectivity index is 1.96. The topological polar surface area (TPSA) is 0 Å². The van der Waals surface area contributed by atoms with Gasteiger partial charge in [0.15, 0.2) is 0 Å². The molecule has 0 aliphatic heterocycles. The summed E-state index contributed by atoms with van der Waals surface area (Å²) in [6.07, 6.45) is 19.3. The highest BCUT2D eigenvalue weighted by Gasteiger charge is 2.20. The van der Waals surface area contributed by atoms with Gasteiger partial charge in [-0.2, -0.15) is 0 Å². The number of hydrogen-bond acceptors (Lipinski definition) is 0. The lowest BCUT2D eigenvalue weighted by atomic mass is 9.79. The molecule has 18 heavy (non-hydrogen) atoms. The lowest BCUT2D eigenvalue weighted by Gasteiger charge is -2.26. The number of fused-ring (bicyclic) bond motifs is 1. The standard InChI is InChI=1S/C18H25/c1-4-5-6-7-15(3)16-10-11-17-12-14(2)8-9-18(17)13-16/h8-13,15-16H,4-7H2,1-3H3. The number of rotatable bonds is 5. The van der Waals surface area contributed by atoms with Crippen molar-refractivity contribution >= 4 is 0 Å². The first kappa shape index (κ1) is 13.4. The molecule has 0 saturated heterocycles. The van der Waals surface area contributed by atoms with E-state index in [1.54, 1.807) is 0 Å². The monoisotopic (exact) mass is 241 g/mol. The van der Waals surface area contributed by atoms with E-state index < -0.39 is 0 Å². The quantitative estimate of drug-likeness (QED) is 0.565. The number of allylic oxidation sites excluding steroid dienone is 8. The summed E-state index contributed by atoms with van der Waals surface area (Å²) in [6, 6.07) is 0. The molecule has 0 N–H and O–H groups in total. The lowest BCUT2D eigenvalue weighted by molar-refractivity contribution is 0.434. The smallest absolute Gasteiger partial charge is 0.0481 e. The molecule has 2 aliphatic rings. The van der Waals surface area contributed by atoms with Crippen LogP contribution in [0.3, 0.4) is 0 Å². The van der Waals surface area contributed by atoms with Crippen LogP contribution in [0, 0.1) is 17.8 Å². The van der Waals surface area contributed by atoms with Crippen LogP contribution in [0.15, 0.2) is 47.6 Å². The molecule has 2 atom stereocenters. The zero-order valence-corrected chi connectivity index (χ0v) is 11.9. The second-order valence-corrected chi connectivity index (χ2v) is 5.71. The summed E-state index contributed by atoms with van der Waals surface area (Å²) in [5.41, 5.74) is 2.76. The zero-order valence-electron chi connectivity index (χ0n) is 11.9. The van der Waals surface area contributed by atoms with Crippen LogP contribution in [0.5, 0.6) is 0 Å². The molecule has 2 aliphatic carbocycles. The minimum absolute atomic E-state index is 0.622. The summed E-state index contributed by atoms with van der Waals surface area (Å²) in [5, 5.41) is 0. The molecule has 0 fully saturated rings. The highest BCUT2D eigenvalue weighted by Crippen LogP contribution is 2.34. The van der Waals surface area contributed by atoms with Gasteiger partial charge in [-0.3, -0.25) is 0 Å². The fourth-order valence-electron chi connectivity index (χ4n) is 2.73. The molecule has 0 aromatic rings. The van der Waals surface area contributed by atoms with Crippen LogP contribution in [0.25, 0.3) is 0 Å². The molecule has 97 valence electrons. The number of hydrogen-bond donors (Lipinski definition) is 0. The van der Waals surface area contributed by atoms with E-state index >= 15 is 0 Å². The highest BCUT2D eigenvalue weighted by atomic mass is 14.2. The van der Waals surface area contributed by atoms with Gasteiger partial charge in [0.25, 0.3) is 0 Å². The molecule has 0 spiro atoms. The first-order chi connectivity index (χ1) is 8.70. The van der Waals surface area contributed by atoms with Gasteiger partial charge in [0.05, 0.1) is 0 Å². The highest BCUT2D eigenvalue weighted by molar-refractivity contribution is 5.56. The van der Waals surface area contributed by atoms with E-state index in [2.05, 4.69) is 57.2 Å². The molecule has 0 amide bonds. The molecule has 2 unspecified atom stereocenters. The molecule has 0 saturated carbocycles. The molecule has 0 aromatic carbocycles. The maximum atomic E-state index is 2.45. The third kappa shape index (κ3) is 3.25. The van der Waals surface area contributed by atoms with Crippen molar-refractivity contribution in [3.05, 3.63) is 53.5 Å². The van der Waals surface area contributed by atoms with Gasteiger partial charge in [-0.25, -0.2) is 0 Å². The van der Waals surface area contributed by atoms with Gasteiger partial charge < -0.3 is 0 Å². The SMILES string of the molecule is CCCCCC(C)C1C=C[C]2C=C(C)C=CC2=C1. The van der Waals surface area contributed by atoms with Crippen LogP contribution >= 0.6 is 0 Å². The molecule has 0 heteroatoms. The molecule has 1 radical (unpaired) electrons. The normalized spacial score (nSPS) is 24.5. The Labute approximate surface area is 112 Å². The fraction of sp³-hybridized carbons (Fsp3) is 0.500. The van der Waals surface area contributed by atoms with Crippen molar-refractivity contribution in [3.8, 4) is 0 Å². The Morgan fingerprint density at radius 3 is 2.78 bits per heavy atom. The summed E-state index contributed by atoms with van der Waals surface area (Å²) in [7, 11) is 0. The Morgan fingerprint density at radius 1 is 1.17 bits per heavy atom. The van der Waals surface area contributed by atoms with Crippen LogP contribution in [0.4, 0.5) is 0 Å². The van der Waals surface area contributed by atoms with E-state index in [-0.39, 0.29) is 0 Å². The van der Waals surface area contributed by atoms with Crippen molar-refractivity contribution in [3.63, 3.8) is 0 Å². The average Bonchev–Trinajstić information content (AvgIpc) is 2.38. The van der Waals surface area contributed by atoms with E-state index in [1.165, 1.54) is 42.7 Å². The molecule has 0 heterocycles. The van der Waals surface area contributed by atoms with Gasteiger partial charge in [0.1, 0.15) is 0 Å². The predicted octanol–water partition coefficient (Wildman–Crippen LogP) is 5.41. The van der Waals surface area contributed by atoms with Gasteiger partial charge in [-0.1, -0.05) is 75.1 Å². The summed E-state index contributed by atoms with van der Waals surface area (Å²) >= 11 is 0. The molecule has 0 aromatic heterocycles. The third-order valence-electron chi connectivity index (χ3n) is 4.03. The zero-order chi connectivity index (χ0) is 13.0. The van der Waals surface area contributed by atoms with Gasteiger partial charge in [-0.05, 0) is 30.8 Å². The third-order valence-corrected chi connectivity index (χ3v) is 4.03. The van der Waals surface area contributed by atoms with E-state index in [4.69, 9.17) is 0 Å². The van der Waals surface area contributed by atoms with Crippen LogP contribution < -0.4 is 0 Å². The van der Waals surface area contributed by atoms with E-state index in [1.807, 2.05) is 0 Å². The molecule has 0 bridgehead atoms. The summed E-state index contributed by atoms with van der Waals surface area (Å²) < 4.78 is 0. The maximum absolute atomic E-state index is 2.45. The minimum Gasteiger partial charge on any atom is -0.0801 e. The molecule has 0 nitrogen and oxygen atoms in total. The van der Waals surface area contributed by atoms with E-state index in [0.29, 0.717) is 5.92 Å². The van der Waals surface area contributed by atoms with Crippen molar-refractivity contribution in [2.45, 2.75) is 46.5 Å². The van der Waals surface area contributed by atoms with Crippen molar-refractivity contribution in [1.29, 1.82) is 0 Å². The van der Waals surface area contributed by atoms with Crippen LogP contribution in [-0.2, 0) is 0 Å². The van der Waals surface area contributed by atoms with Gasteiger partial charge in [-0.15, -0.1) is 0 Å². The van der Waals surface area contributed by atoms with Gasteiger partial charge in [0.2, 0.25) is 0 Å². The fourth-order valence-corrected chi connectivity index (χ4v) is 2.73. The van der Waals surface area contributed by atoms with E-state index in [0.717, 1.165) is 5.92 Å². The predicted molar refractivity (Wildman–Crippen MR) is 80.2 cm³/mol. The first-order valence-corrected chi connectivity index (χ1v) is 7.34. The minimum atomic E-state index is 0.622. The maximum Gasteiger partial charge on any atom is 0.0481 e. The van der Waals surface area contributed by atoms with Crippen molar-refractivity contribution in [2.75, 3.05) is 0 Å². The Morgan fingerprint density at radius 2 is 2.00 bits per heavy atom. The second-order valence-electron chi connectivity index (χ2n) is 5.71. The van der Waals surface area contributed by atoms with Gasteiger partial charge >= 0.3 is 0 Å². The molecule has 2 rings (SSSR count). The van der Waals surface area contributed by atoms with Crippen molar-refractivity contribution in [1.82, 2.24) is 0 Å². The molecular weight excluding hydrogens is 216 g/mol. The summed E-state index contributed by atoms with van der Waals surface area (Å²) in [6.45, 7) is 6.82. The Bertz CT molecular complexity index is 392. The van der Waals surface area contributed by atoms with Crippen molar-refractivity contribution in [2.24, 2.45) is 11.8 Å². The number of unbranched alkanes of at least 4 members (excludes halogenated alkanes) is 2.